The van der Waals surface area contributed by atoms with Crippen LogP contribution in [0.15, 0.2) is 23.1 Å². The fraction of sp³-hybridized carbons (Fsp3) is 0.462. The highest BCUT2D eigenvalue weighted by Gasteiger charge is 2.17. The van der Waals surface area contributed by atoms with Crippen molar-refractivity contribution in [1.82, 2.24) is 0 Å². The zero-order chi connectivity index (χ0) is 11.5. The number of rotatable bonds is 3. The molecule has 0 saturated heterocycles. The van der Waals surface area contributed by atoms with Crippen molar-refractivity contribution in [3.63, 3.8) is 0 Å². The molecule has 0 fully saturated rings. The zero-order valence-corrected chi connectivity index (χ0v) is 10.2. The Morgan fingerprint density at radius 3 is 3.12 bits per heavy atom. The molecule has 0 radical (unpaired) electrons. The molecule has 0 saturated carbocycles. The second-order valence-electron chi connectivity index (χ2n) is 4.04. The summed E-state index contributed by atoms with van der Waals surface area (Å²) in [7, 11) is 0. The molecule has 1 unspecified atom stereocenters. The van der Waals surface area contributed by atoms with E-state index < -0.39 is 6.10 Å². The van der Waals surface area contributed by atoms with E-state index in [2.05, 4.69) is 0 Å². The van der Waals surface area contributed by atoms with Crippen LogP contribution in [-0.4, -0.2) is 16.6 Å². The van der Waals surface area contributed by atoms with E-state index in [0.29, 0.717) is 6.42 Å². The first kappa shape index (κ1) is 11.7. The molecule has 0 bridgehead atoms. The Morgan fingerprint density at radius 2 is 2.38 bits per heavy atom. The van der Waals surface area contributed by atoms with Crippen molar-refractivity contribution in [2.24, 2.45) is 0 Å². The molecule has 2 nitrogen and oxygen atoms in total. The van der Waals surface area contributed by atoms with Crippen molar-refractivity contribution in [3.05, 3.63) is 29.3 Å². The summed E-state index contributed by atoms with van der Waals surface area (Å²) in [5.74, 6) is 1.06. The smallest absolute Gasteiger partial charge is 0.165 e. The van der Waals surface area contributed by atoms with Gasteiger partial charge in [0.05, 0.1) is 0 Å². The van der Waals surface area contributed by atoms with Crippen LogP contribution in [0.5, 0.6) is 0 Å². The number of hydrogen-bond donors (Lipinski definition) is 1. The third-order valence-corrected chi connectivity index (χ3v) is 4.10. The summed E-state index contributed by atoms with van der Waals surface area (Å²) in [4.78, 5) is 12.7. The average molecular weight is 236 g/mol. The molecule has 0 aliphatic carbocycles. The van der Waals surface area contributed by atoms with Gasteiger partial charge in [-0.2, -0.15) is 0 Å². The number of aryl methyl sites for hydroxylation is 1. The number of benzene rings is 1. The van der Waals surface area contributed by atoms with E-state index in [4.69, 9.17) is 0 Å². The van der Waals surface area contributed by atoms with Crippen LogP contribution < -0.4 is 0 Å². The van der Waals surface area contributed by atoms with E-state index >= 15 is 0 Å². The second-order valence-corrected chi connectivity index (χ2v) is 5.18. The van der Waals surface area contributed by atoms with Gasteiger partial charge in [0.2, 0.25) is 0 Å². The fourth-order valence-corrected chi connectivity index (χ4v) is 2.95. The summed E-state index contributed by atoms with van der Waals surface area (Å²) < 4.78 is 0. The minimum Gasteiger partial charge on any atom is -0.381 e. The quantitative estimate of drug-likeness (QED) is 0.876. The number of aliphatic hydroxyl groups is 1. The third-order valence-electron chi connectivity index (χ3n) is 2.90. The molecule has 1 atom stereocenters. The standard InChI is InChI=1S/C13H16O2S/c1-2-11(14)13(15)10-5-6-12-9(8-10)4-3-7-16-12/h5-6,8,13,15H,2-4,7H2,1H3. The Balaban J connectivity index is 2.26. The van der Waals surface area contributed by atoms with Crippen LogP contribution in [0.2, 0.25) is 0 Å². The van der Waals surface area contributed by atoms with Crippen molar-refractivity contribution in [3.8, 4) is 0 Å². The number of Topliss-reactive ketones (excluding diaryl/α,β-unsaturated/α-hetero) is 1. The normalized spacial score (nSPS) is 16.6. The van der Waals surface area contributed by atoms with Crippen LogP contribution in [0.3, 0.4) is 0 Å². The zero-order valence-electron chi connectivity index (χ0n) is 9.40. The van der Waals surface area contributed by atoms with Gasteiger partial charge in [0, 0.05) is 11.3 Å². The van der Waals surface area contributed by atoms with Gasteiger partial charge in [-0.05, 0) is 35.8 Å². The van der Waals surface area contributed by atoms with Gasteiger partial charge in [0.1, 0.15) is 6.10 Å². The maximum absolute atomic E-state index is 11.4. The largest absolute Gasteiger partial charge is 0.381 e. The number of thioether (sulfide) groups is 1. The first-order valence-electron chi connectivity index (χ1n) is 5.68. The van der Waals surface area contributed by atoms with Gasteiger partial charge in [-0.1, -0.05) is 19.1 Å². The molecule has 0 spiro atoms. The number of ketones is 1. The fourth-order valence-electron chi connectivity index (χ4n) is 1.93. The van der Waals surface area contributed by atoms with Gasteiger partial charge in [-0.3, -0.25) is 4.79 Å². The predicted molar refractivity (Wildman–Crippen MR) is 65.7 cm³/mol. The molecule has 16 heavy (non-hydrogen) atoms. The third kappa shape index (κ3) is 2.30. The molecule has 1 heterocycles. The highest BCUT2D eigenvalue weighted by molar-refractivity contribution is 7.99. The summed E-state index contributed by atoms with van der Waals surface area (Å²) in [6, 6.07) is 5.88. The van der Waals surface area contributed by atoms with E-state index in [0.717, 1.165) is 12.0 Å². The average Bonchev–Trinajstić information content (AvgIpc) is 2.36. The van der Waals surface area contributed by atoms with Gasteiger partial charge in [0.25, 0.3) is 0 Å². The topological polar surface area (TPSA) is 37.3 Å². The van der Waals surface area contributed by atoms with Crippen molar-refractivity contribution in [2.75, 3.05) is 5.75 Å². The maximum atomic E-state index is 11.4. The lowest BCUT2D eigenvalue weighted by Gasteiger charge is -2.17. The Hall–Kier alpha value is -0.800. The highest BCUT2D eigenvalue weighted by Crippen LogP contribution is 2.32. The summed E-state index contributed by atoms with van der Waals surface area (Å²) in [6.45, 7) is 1.78. The van der Waals surface area contributed by atoms with Gasteiger partial charge in [-0.25, -0.2) is 0 Å². The maximum Gasteiger partial charge on any atom is 0.165 e. The molecule has 1 aromatic rings. The minimum absolute atomic E-state index is 0.108. The minimum atomic E-state index is -0.942. The molecule has 1 N–H and O–H groups in total. The molecule has 1 aliphatic rings. The van der Waals surface area contributed by atoms with Gasteiger partial charge in [-0.15, -0.1) is 11.8 Å². The summed E-state index contributed by atoms with van der Waals surface area (Å²) in [5.41, 5.74) is 2.02. The predicted octanol–water partition coefficient (Wildman–Crippen LogP) is 2.74. The monoisotopic (exact) mass is 236 g/mol. The van der Waals surface area contributed by atoms with E-state index in [-0.39, 0.29) is 5.78 Å². The number of fused-ring (bicyclic) bond motifs is 1. The summed E-state index contributed by atoms with van der Waals surface area (Å²) >= 11 is 1.86. The second kappa shape index (κ2) is 5.02. The number of hydrogen-bond acceptors (Lipinski definition) is 3. The van der Waals surface area contributed by atoms with Crippen LogP contribution >= 0.6 is 11.8 Å². The molecule has 3 heteroatoms. The SMILES string of the molecule is CCC(=O)C(O)c1ccc2c(c1)CCCS2. The molecular weight excluding hydrogens is 220 g/mol. The van der Waals surface area contributed by atoms with Crippen LogP contribution in [0.25, 0.3) is 0 Å². The molecule has 1 aliphatic heterocycles. The number of carbonyl (C=O) groups is 1. The Morgan fingerprint density at radius 1 is 1.56 bits per heavy atom. The van der Waals surface area contributed by atoms with Crippen LogP contribution in [0.1, 0.15) is 37.0 Å². The Kier molecular flexibility index (Phi) is 3.66. The van der Waals surface area contributed by atoms with Crippen LogP contribution in [-0.2, 0) is 11.2 Å². The van der Waals surface area contributed by atoms with Crippen molar-refractivity contribution in [2.45, 2.75) is 37.2 Å². The lowest BCUT2D eigenvalue weighted by Crippen LogP contribution is -2.11. The van der Waals surface area contributed by atoms with Crippen molar-refractivity contribution < 1.29 is 9.90 Å². The molecule has 1 aromatic carbocycles. The van der Waals surface area contributed by atoms with E-state index in [1.165, 1.54) is 22.6 Å². The summed E-state index contributed by atoms with van der Waals surface area (Å²) in [6.07, 6.45) is 1.68. The van der Waals surface area contributed by atoms with E-state index in [1.807, 2.05) is 30.0 Å². The first-order chi connectivity index (χ1) is 7.72. The van der Waals surface area contributed by atoms with Crippen molar-refractivity contribution in [1.29, 1.82) is 0 Å². The molecule has 0 amide bonds. The molecule has 0 aromatic heterocycles. The lowest BCUT2D eigenvalue weighted by atomic mass is 10.00. The van der Waals surface area contributed by atoms with Crippen molar-refractivity contribution >= 4 is 17.5 Å². The Bertz CT molecular complexity index is 401. The van der Waals surface area contributed by atoms with Gasteiger partial charge in [0.15, 0.2) is 5.78 Å². The summed E-state index contributed by atoms with van der Waals surface area (Å²) in [5, 5.41) is 9.83. The Labute approximate surface area is 100 Å². The lowest BCUT2D eigenvalue weighted by molar-refractivity contribution is -0.127. The van der Waals surface area contributed by atoms with E-state index in [9.17, 15) is 9.90 Å². The van der Waals surface area contributed by atoms with Crippen LogP contribution in [0, 0.1) is 0 Å². The van der Waals surface area contributed by atoms with E-state index in [1.54, 1.807) is 6.92 Å². The molecule has 2 rings (SSSR count). The number of carbonyl (C=O) groups excluding carboxylic acids is 1. The van der Waals surface area contributed by atoms with Crippen LogP contribution in [0.4, 0.5) is 0 Å². The van der Waals surface area contributed by atoms with Gasteiger partial charge < -0.3 is 5.11 Å². The molecular formula is C13H16O2S. The van der Waals surface area contributed by atoms with Gasteiger partial charge >= 0.3 is 0 Å². The highest BCUT2D eigenvalue weighted by atomic mass is 32.2. The first-order valence-corrected chi connectivity index (χ1v) is 6.67. The molecule has 86 valence electrons. The number of aliphatic hydroxyl groups excluding tert-OH is 1.